The fourth-order valence-corrected chi connectivity index (χ4v) is 2.83. The Morgan fingerprint density at radius 1 is 1.17 bits per heavy atom. The molecule has 1 saturated heterocycles. The lowest BCUT2D eigenvalue weighted by Crippen LogP contribution is -2.48. The molecule has 8 heteroatoms. The lowest BCUT2D eigenvalue weighted by molar-refractivity contribution is -0.137. The van der Waals surface area contributed by atoms with Crippen molar-refractivity contribution < 1.29 is 23.1 Å². The third kappa shape index (κ3) is 5.35. The topological polar surface area (TPSA) is 104 Å². The maximum atomic E-state index is 11.6. The Labute approximate surface area is 106 Å². The van der Waals surface area contributed by atoms with E-state index in [0.717, 1.165) is 0 Å². The van der Waals surface area contributed by atoms with Crippen molar-refractivity contribution in [1.29, 1.82) is 0 Å². The fourth-order valence-electron chi connectivity index (χ4n) is 1.62. The monoisotopic (exact) mass is 278 g/mol. The predicted molar refractivity (Wildman–Crippen MR) is 65.1 cm³/mol. The highest BCUT2D eigenvalue weighted by molar-refractivity contribution is 7.91. The lowest BCUT2D eigenvalue weighted by atomic mass is 10.2. The SMILES string of the molecule is O=C(O)CCCCNC(=O)N1CCS(=O)(=O)CC1. The van der Waals surface area contributed by atoms with Crippen molar-refractivity contribution in [3.63, 3.8) is 0 Å². The summed E-state index contributed by atoms with van der Waals surface area (Å²) in [5, 5.41) is 11.1. The minimum absolute atomic E-state index is 0.0133. The van der Waals surface area contributed by atoms with E-state index in [1.54, 1.807) is 0 Å². The van der Waals surface area contributed by atoms with E-state index in [0.29, 0.717) is 19.4 Å². The van der Waals surface area contributed by atoms with Crippen LogP contribution in [-0.2, 0) is 14.6 Å². The van der Waals surface area contributed by atoms with Crippen LogP contribution in [0.1, 0.15) is 19.3 Å². The molecule has 0 aromatic carbocycles. The normalized spacial score (nSPS) is 18.3. The van der Waals surface area contributed by atoms with E-state index in [1.165, 1.54) is 4.90 Å². The summed E-state index contributed by atoms with van der Waals surface area (Å²) in [4.78, 5) is 23.3. The second-order valence-electron chi connectivity index (χ2n) is 4.22. The standard InChI is InChI=1S/C10H18N2O5S/c13-9(14)3-1-2-4-11-10(15)12-5-7-18(16,17)8-6-12/h1-8H2,(H,11,15)(H,13,14). The van der Waals surface area contributed by atoms with Crippen LogP contribution in [0.4, 0.5) is 4.79 Å². The van der Waals surface area contributed by atoms with Crippen LogP contribution in [0.25, 0.3) is 0 Å². The summed E-state index contributed by atoms with van der Waals surface area (Å²) in [5.41, 5.74) is 0. The van der Waals surface area contributed by atoms with Crippen molar-refractivity contribution in [2.75, 3.05) is 31.1 Å². The Kier molecular flexibility index (Phi) is 5.39. The second kappa shape index (κ2) is 6.58. The van der Waals surface area contributed by atoms with Gasteiger partial charge in [-0.2, -0.15) is 0 Å². The summed E-state index contributed by atoms with van der Waals surface area (Å²) in [6, 6.07) is -0.278. The Morgan fingerprint density at radius 2 is 1.78 bits per heavy atom. The molecule has 1 rings (SSSR count). The maximum Gasteiger partial charge on any atom is 0.317 e. The second-order valence-corrected chi connectivity index (χ2v) is 6.53. The summed E-state index contributed by atoms with van der Waals surface area (Å²) in [6.07, 6.45) is 1.21. The van der Waals surface area contributed by atoms with Gasteiger partial charge >= 0.3 is 12.0 Å². The highest BCUT2D eigenvalue weighted by atomic mass is 32.2. The number of sulfone groups is 1. The van der Waals surface area contributed by atoms with Gasteiger partial charge in [0.25, 0.3) is 0 Å². The zero-order chi connectivity index (χ0) is 13.6. The molecule has 18 heavy (non-hydrogen) atoms. The van der Waals surface area contributed by atoms with Crippen molar-refractivity contribution in [3.8, 4) is 0 Å². The summed E-state index contributed by atoms with van der Waals surface area (Å²) < 4.78 is 22.3. The summed E-state index contributed by atoms with van der Waals surface area (Å²) in [6.45, 7) is 0.863. The van der Waals surface area contributed by atoms with E-state index >= 15 is 0 Å². The Bertz CT molecular complexity index is 392. The average molecular weight is 278 g/mol. The maximum absolute atomic E-state index is 11.6. The minimum atomic E-state index is -2.97. The van der Waals surface area contributed by atoms with Crippen molar-refractivity contribution in [1.82, 2.24) is 10.2 Å². The number of carboxylic acids is 1. The lowest BCUT2D eigenvalue weighted by Gasteiger charge is -2.26. The zero-order valence-electron chi connectivity index (χ0n) is 10.1. The highest BCUT2D eigenvalue weighted by Crippen LogP contribution is 2.03. The molecule has 2 amide bonds. The van der Waals surface area contributed by atoms with Crippen LogP contribution < -0.4 is 5.32 Å². The molecule has 0 atom stereocenters. The first-order chi connectivity index (χ1) is 8.41. The van der Waals surface area contributed by atoms with Gasteiger partial charge in [0.15, 0.2) is 9.84 Å². The van der Waals surface area contributed by atoms with E-state index in [4.69, 9.17) is 5.11 Å². The molecule has 0 saturated carbocycles. The number of urea groups is 1. The molecule has 1 aliphatic heterocycles. The van der Waals surface area contributed by atoms with E-state index in [9.17, 15) is 18.0 Å². The number of hydrogen-bond acceptors (Lipinski definition) is 4. The molecule has 104 valence electrons. The van der Waals surface area contributed by atoms with E-state index in [2.05, 4.69) is 5.32 Å². The molecule has 0 aromatic heterocycles. The zero-order valence-corrected chi connectivity index (χ0v) is 10.9. The number of nitrogens with zero attached hydrogens (tertiary/aromatic N) is 1. The van der Waals surface area contributed by atoms with Crippen LogP contribution in [0.15, 0.2) is 0 Å². The van der Waals surface area contributed by atoms with Gasteiger partial charge < -0.3 is 15.3 Å². The largest absolute Gasteiger partial charge is 0.481 e. The minimum Gasteiger partial charge on any atom is -0.481 e. The van der Waals surface area contributed by atoms with Crippen LogP contribution in [0.5, 0.6) is 0 Å². The van der Waals surface area contributed by atoms with Crippen molar-refractivity contribution >= 4 is 21.8 Å². The molecular weight excluding hydrogens is 260 g/mol. The first-order valence-electron chi connectivity index (χ1n) is 5.86. The fraction of sp³-hybridized carbons (Fsp3) is 0.800. The third-order valence-corrected chi connectivity index (χ3v) is 4.33. The molecule has 1 aliphatic rings. The van der Waals surface area contributed by atoms with Crippen LogP contribution in [0, 0.1) is 0 Å². The summed E-state index contributed by atoms with van der Waals surface area (Å²) in [7, 11) is -2.97. The molecule has 0 spiro atoms. The van der Waals surface area contributed by atoms with Gasteiger partial charge in [-0.05, 0) is 12.8 Å². The van der Waals surface area contributed by atoms with Gasteiger partial charge in [-0.15, -0.1) is 0 Å². The third-order valence-electron chi connectivity index (χ3n) is 2.73. The quantitative estimate of drug-likeness (QED) is 0.671. The average Bonchev–Trinajstić information content (AvgIpc) is 2.27. The molecule has 2 N–H and O–H groups in total. The molecule has 0 aromatic rings. The van der Waals surface area contributed by atoms with E-state index in [-0.39, 0.29) is 37.0 Å². The first-order valence-corrected chi connectivity index (χ1v) is 7.68. The Hall–Kier alpha value is -1.31. The van der Waals surface area contributed by atoms with Crippen LogP contribution in [-0.4, -0.2) is 61.6 Å². The van der Waals surface area contributed by atoms with Gasteiger partial charge in [0, 0.05) is 26.1 Å². The molecule has 0 bridgehead atoms. The van der Waals surface area contributed by atoms with Crippen molar-refractivity contribution in [2.24, 2.45) is 0 Å². The van der Waals surface area contributed by atoms with Crippen LogP contribution >= 0.6 is 0 Å². The number of carbonyl (C=O) groups excluding carboxylic acids is 1. The van der Waals surface area contributed by atoms with Crippen LogP contribution in [0.3, 0.4) is 0 Å². The highest BCUT2D eigenvalue weighted by Gasteiger charge is 2.24. The molecule has 1 fully saturated rings. The van der Waals surface area contributed by atoms with Gasteiger partial charge in [-0.1, -0.05) is 0 Å². The predicted octanol–water partition coefficient (Wildman–Crippen LogP) is -0.319. The summed E-state index contributed by atoms with van der Waals surface area (Å²) in [5.74, 6) is -0.818. The number of aliphatic carboxylic acids is 1. The van der Waals surface area contributed by atoms with E-state index in [1.807, 2.05) is 0 Å². The smallest absolute Gasteiger partial charge is 0.317 e. The van der Waals surface area contributed by atoms with Gasteiger partial charge in [0.2, 0.25) is 0 Å². The number of carboxylic acid groups (broad SMARTS) is 1. The van der Waals surface area contributed by atoms with Crippen LogP contribution in [0.2, 0.25) is 0 Å². The number of hydrogen-bond donors (Lipinski definition) is 2. The van der Waals surface area contributed by atoms with Gasteiger partial charge in [-0.25, -0.2) is 13.2 Å². The van der Waals surface area contributed by atoms with Gasteiger partial charge in [0.1, 0.15) is 0 Å². The molecule has 1 heterocycles. The van der Waals surface area contributed by atoms with Gasteiger partial charge in [-0.3, -0.25) is 4.79 Å². The van der Waals surface area contributed by atoms with Crippen molar-refractivity contribution in [2.45, 2.75) is 19.3 Å². The Morgan fingerprint density at radius 3 is 2.33 bits per heavy atom. The Balaban J connectivity index is 2.16. The molecule has 0 unspecified atom stereocenters. The van der Waals surface area contributed by atoms with Gasteiger partial charge in [0.05, 0.1) is 11.5 Å². The molecule has 7 nitrogen and oxygen atoms in total. The molecule has 0 aliphatic carbocycles. The number of carbonyl (C=O) groups is 2. The van der Waals surface area contributed by atoms with E-state index < -0.39 is 15.8 Å². The molecule has 0 radical (unpaired) electrons. The number of amides is 2. The number of nitrogens with one attached hydrogen (secondary N) is 1. The van der Waals surface area contributed by atoms with Crippen molar-refractivity contribution in [3.05, 3.63) is 0 Å². The molecular formula is C10H18N2O5S. The number of unbranched alkanes of at least 4 members (excludes halogenated alkanes) is 1. The first kappa shape index (κ1) is 14.7. The number of rotatable bonds is 5. The summed E-state index contributed by atoms with van der Waals surface area (Å²) >= 11 is 0.